The van der Waals surface area contributed by atoms with E-state index in [4.69, 9.17) is 14.0 Å². The third-order valence-corrected chi connectivity index (χ3v) is 6.59. The smallest absolute Gasteiger partial charge is 0.278 e. The summed E-state index contributed by atoms with van der Waals surface area (Å²) in [5.41, 5.74) is -0.294. The summed E-state index contributed by atoms with van der Waals surface area (Å²) in [6.07, 6.45) is 4.96. The van der Waals surface area contributed by atoms with E-state index in [0.717, 1.165) is 25.7 Å². The summed E-state index contributed by atoms with van der Waals surface area (Å²) in [6, 6.07) is 4.11. The third-order valence-electron chi connectivity index (χ3n) is 6.59. The summed E-state index contributed by atoms with van der Waals surface area (Å²) >= 11 is 0. The van der Waals surface area contributed by atoms with Crippen molar-refractivity contribution >= 4 is 16.6 Å². The van der Waals surface area contributed by atoms with Crippen molar-refractivity contribution < 1.29 is 18.4 Å². The van der Waals surface area contributed by atoms with E-state index in [1.165, 1.54) is 34.5 Å². The molecule has 0 saturated heterocycles. The molecule has 1 atom stereocenters. The molecule has 0 amide bonds. The van der Waals surface area contributed by atoms with E-state index in [2.05, 4.69) is 15.1 Å². The van der Waals surface area contributed by atoms with Crippen LogP contribution in [0.4, 0.5) is 4.39 Å². The summed E-state index contributed by atoms with van der Waals surface area (Å²) in [4.78, 5) is 22.7. The van der Waals surface area contributed by atoms with Crippen LogP contribution in [-0.4, -0.2) is 44.9 Å². The van der Waals surface area contributed by atoms with Gasteiger partial charge in [0.1, 0.15) is 40.6 Å². The van der Waals surface area contributed by atoms with E-state index >= 15 is 0 Å². The number of aromatic nitrogens is 5. The molecule has 1 aliphatic rings. The summed E-state index contributed by atoms with van der Waals surface area (Å²) < 4.78 is 34.0. The average Bonchev–Trinajstić information content (AvgIpc) is 3.58. The fourth-order valence-electron chi connectivity index (χ4n) is 4.91. The van der Waals surface area contributed by atoms with Gasteiger partial charge in [0, 0.05) is 14.2 Å². The Morgan fingerprint density at radius 2 is 2.06 bits per heavy atom. The summed E-state index contributed by atoms with van der Waals surface area (Å²) in [5, 5.41) is 13.7. The molecule has 4 aromatic rings. The lowest BCUT2D eigenvalue weighted by molar-refractivity contribution is -0.0342. The molecule has 5 rings (SSSR count). The SMILES string of the molecule is COCC(C)n1c(=O)c2c(-c3noc(C4(OC)CCCC4)n3)ncn2c2ccc(F)c(C#N)c21. The highest BCUT2D eigenvalue weighted by atomic mass is 19.1. The number of halogens is 1. The standard InChI is InChI=1S/C23H23FN6O4/c1-13(11-32-2)30-18-14(10-25)15(24)6-7-16(18)29-12-26-17(19(29)21(30)31)20-27-22(34-28-20)23(33-3)8-4-5-9-23/h6-7,12-13H,4-5,8-9,11H2,1-3H3. The Bertz CT molecular complexity index is 1490. The van der Waals surface area contributed by atoms with Gasteiger partial charge in [0.2, 0.25) is 5.82 Å². The lowest BCUT2D eigenvalue weighted by atomic mass is 10.0. The number of nitrogens with zero attached hydrogens (tertiary/aromatic N) is 6. The molecular formula is C23H23FN6O4. The number of benzene rings is 1. The molecule has 0 N–H and O–H groups in total. The highest BCUT2D eigenvalue weighted by molar-refractivity contribution is 5.87. The van der Waals surface area contributed by atoms with Crippen LogP contribution in [0.15, 0.2) is 27.8 Å². The number of hydrogen-bond acceptors (Lipinski definition) is 8. The molecule has 1 fully saturated rings. The zero-order valence-electron chi connectivity index (χ0n) is 19.0. The van der Waals surface area contributed by atoms with Crippen molar-refractivity contribution in [3.63, 3.8) is 0 Å². The molecule has 176 valence electrons. The highest BCUT2D eigenvalue weighted by Gasteiger charge is 2.41. The highest BCUT2D eigenvalue weighted by Crippen LogP contribution is 2.41. The predicted molar refractivity (Wildman–Crippen MR) is 119 cm³/mol. The summed E-state index contributed by atoms with van der Waals surface area (Å²) in [7, 11) is 3.13. The molecule has 0 bridgehead atoms. The molecule has 10 nitrogen and oxygen atoms in total. The molecular weight excluding hydrogens is 443 g/mol. The van der Waals surface area contributed by atoms with Gasteiger partial charge in [-0.1, -0.05) is 5.16 Å². The van der Waals surface area contributed by atoms with Gasteiger partial charge >= 0.3 is 0 Å². The Morgan fingerprint density at radius 3 is 2.74 bits per heavy atom. The number of methoxy groups -OCH3 is 2. The number of nitriles is 1. The van der Waals surface area contributed by atoms with Crippen LogP contribution in [0.25, 0.3) is 28.1 Å². The van der Waals surface area contributed by atoms with Gasteiger partial charge in [-0.05, 0) is 44.7 Å². The van der Waals surface area contributed by atoms with E-state index in [9.17, 15) is 14.4 Å². The molecule has 0 spiro atoms. The van der Waals surface area contributed by atoms with E-state index in [1.807, 2.05) is 6.07 Å². The maximum Gasteiger partial charge on any atom is 0.278 e. The van der Waals surface area contributed by atoms with Crippen molar-refractivity contribution in [2.75, 3.05) is 20.8 Å². The van der Waals surface area contributed by atoms with Crippen LogP contribution in [0.2, 0.25) is 0 Å². The molecule has 0 aliphatic heterocycles. The van der Waals surface area contributed by atoms with Crippen molar-refractivity contribution in [2.24, 2.45) is 0 Å². The van der Waals surface area contributed by atoms with Crippen molar-refractivity contribution in [3.8, 4) is 17.6 Å². The first-order chi connectivity index (χ1) is 16.5. The second-order valence-electron chi connectivity index (χ2n) is 8.52. The topological polar surface area (TPSA) is 120 Å². The van der Waals surface area contributed by atoms with Gasteiger partial charge in [0.05, 0.1) is 23.7 Å². The van der Waals surface area contributed by atoms with Crippen LogP contribution in [0.3, 0.4) is 0 Å². The fraction of sp³-hybridized carbons (Fsp3) is 0.435. The van der Waals surface area contributed by atoms with E-state index < -0.39 is 23.0 Å². The Balaban J connectivity index is 1.79. The van der Waals surface area contributed by atoms with Gasteiger partial charge in [-0.2, -0.15) is 10.2 Å². The minimum atomic E-state index is -0.711. The zero-order chi connectivity index (χ0) is 24.0. The van der Waals surface area contributed by atoms with E-state index in [0.29, 0.717) is 11.4 Å². The molecule has 0 radical (unpaired) electrons. The molecule has 1 aliphatic carbocycles. The molecule has 3 aromatic heterocycles. The minimum Gasteiger partial charge on any atom is -0.383 e. The van der Waals surface area contributed by atoms with Crippen molar-refractivity contribution in [3.05, 3.63) is 46.1 Å². The monoisotopic (exact) mass is 466 g/mol. The summed E-state index contributed by atoms with van der Waals surface area (Å²) in [5.74, 6) is -0.200. The van der Waals surface area contributed by atoms with Crippen LogP contribution in [-0.2, 0) is 15.1 Å². The number of fused-ring (bicyclic) bond motifs is 3. The van der Waals surface area contributed by atoms with Crippen LogP contribution in [0.5, 0.6) is 0 Å². The van der Waals surface area contributed by atoms with E-state index in [1.54, 1.807) is 14.0 Å². The van der Waals surface area contributed by atoms with Crippen LogP contribution in [0.1, 0.15) is 50.1 Å². The third kappa shape index (κ3) is 3.13. The van der Waals surface area contributed by atoms with Crippen molar-refractivity contribution in [1.29, 1.82) is 5.26 Å². The van der Waals surface area contributed by atoms with Gasteiger partial charge in [-0.15, -0.1) is 0 Å². The molecule has 1 saturated carbocycles. The van der Waals surface area contributed by atoms with Crippen molar-refractivity contribution in [2.45, 2.75) is 44.2 Å². The largest absolute Gasteiger partial charge is 0.383 e. The second-order valence-corrected chi connectivity index (χ2v) is 8.52. The Hall–Kier alpha value is -3.62. The number of rotatable bonds is 6. The van der Waals surface area contributed by atoms with Gasteiger partial charge in [0.25, 0.3) is 11.4 Å². The Labute approximate surface area is 193 Å². The zero-order valence-corrected chi connectivity index (χ0v) is 19.0. The fourth-order valence-corrected chi connectivity index (χ4v) is 4.91. The quantitative estimate of drug-likeness (QED) is 0.424. The lowest BCUT2D eigenvalue weighted by Crippen LogP contribution is -2.28. The molecule has 1 aromatic carbocycles. The minimum absolute atomic E-state index is 0.158. The molecule has 3 heterocycles. The summed E-state index contributed by atoms with van der Waals surface area (Å²) in [6.45, 7) is 1.94. The first kappa shape index (κ1) is 22.2. The Morgan fingerprint density at radius 1 is 1.29 bits per heavy atom. The Kier molecular flexibility index (Phi) is 5.42. The molecule has 11 heteroatoms. The first-order valence-corrected chi connectivity index (χ1v) is 11.0. The van der Waals surface area contributed by atoms with Crippen LogP contribution in [0, 0.1) is 17.1 Å². The van der Waals surface area contributed by atoms with Gasteiger partial charge in [0.15, 0.2) is 0 Å². The van der Waals surface area contributed by atoms with Gasteiger partial charge < -0.3 is 14.0 Å². The van der Waals surface area contributed by atoms with Gasteiger partial charge in [-0.3, -0.25) is 13.8 Å². The molecule has 34 heavy (non-hydrogen) atoms. The number of ether oxygens (including phenoxy) is 2. The lowest BCUT2D eigenvalue weighted by Gasteiger charge is -2.22. The number of hydrogen-bond donors (Lipinski definition) is 0. The maximum atomic E-state index is 14.5. The second kappa shape index (κ2) is 8.30. The predicted octanol–water partition coefficient (Wildman–Crippen LogP) is 3.33. The molecule has 1 unspecified atom stereocenters. The van der Waals surface area contributed by atoms with Crippen LogP contribution >= 0.6 is 0 Å². The average molecular weight is 466 g/mol. The van der Waals surface area contributed by atoms with Gasteiger partial charge in [-0.25, -0.2) is 9.37 Å². The normalized spacial score (nSPS) is 16.3. The number of imidazole rings is 1. The van der Waals surface area contributed by atoms with Crippen LogP contribution < -0.4 is 5.56 Å². The maximum absolute atomic E-state index is 14.5. The first-order valence-electron chi connectivity index (χ1n) is 11.0. The van der Waals surface area contributed by atoms with Crippen molar-refractivity contribution in [1.82, 2.24) is 24.1 Å². The van der Waals surface area contributed by atoms with E-state index in [-0.39, 0.29) is 34.7 Å².